The Morgan fingerprint density at radius 2 is 1.29 bits per heavy atom. The SMILES string of the molecule is CC1O[C@@H](O[C@@H]2C(CO)O[C@@H](OC3CC[C@@]4(C)C(=CC[C@H]5[C@@H]6CC7OC(O)(CC[C@@H](C)CO[C@@H]8OC(CO)[C@@H](O)[C@H](O)C8O)[C@@H](C)[C@@H]7[C@@]6(C)CC[C@@H]54)C3)C(O[C@@H]3OC(O)[C@H](O)[C@H](O)C3O)[C@H]2O)C(O)[C@@H](O)[C@H]1O. The Bertz CT molecular complexity index is 1900. The van der Waals surface area contributed by atoms with Crippen molar-refractivity contribution in [2.45, 2.75) is 233 Å². The minimum atomic E-state index is -1.98. The highest BCUT2D eigenvalue weighted by molar-refractivity contribution is 5.26. The van der Waals surface area contributed by atoms with Crippen LogP contribution in [0.25, 0.3) is 0 Å². The Balaban J connectivity index is 0.846. The molecular formula is C50H82O23. The minimum Gasteiger partial charge on any atom is -0.394 e. The lowest BCUT2D eigenvalue weighted by molar-refractivity contribution is -0.400. The minimum absolute atomic E-state index is 0.0745. The van der Waals surface area contributed by atoms with Gasteiger partial charge in [-0.05, 0) is 98.7 Å². The van der Waals surface area contributed by atoms with Crippen molar-refractivity contribution in [1.82, 2.24) is 0 Å². The van der Waals surface area contributed by atoms with Gasteiger partial charge in [-0.25, -0.2) is 0 Å². The van der Waals surface area contributed by atoms with Crippen LogP contribution in [-0.2, 0) is 42.6 Å². The summed E-state index contributed by atoms with van der Waals surface area (Å²) in [5.74, 6) is -0.340. The van der Waals surface area contributed by atoms with E-state index < -0.39 is 148 Å². The first-order chi connectivity index (χ1) is 34.5. The molecule has 14 N–H and O–H groups in total. The summed E-state index contributed by atoms with van der Waals surface area (Å²) in [4.78, 5) is 0. The first-order valence-corrected chi connectivity index (χ1v) is 26.5. The molecule has 0 spiro atoms. The van der Waals surface area contributed by atoms with Crippen molar-refractivity contribution in [3.05, 3.63) is 11.6 Å². The molecule has 0 aromatic rings. The van der Waals surface area contributed by atoms with Gasteiger partial charge in [0.1, 0.15) is 85.5 Å². The van der Waals surface area contributed by atoms with Crippen molar-refractivity contribution in [3.63, 3.8) is 0 Å². The number of fused-ring (bicyclic) bond motifs is 7. The highest BCUT2D eigenvalue weighted by Crippen LogP contribution is 2.70. The van der Waals surface area contributed by atoms with E-state index in [1.807, 2.05) is 6.92 Å². The molecule has 5 aliphatic heterocycles. The van der Waals surface area contributed by atoms with Crippen LogP contribution in [0.15, 0.2) is 11.6 Å². The highest BCUT2D eigenvalue weighted by atomic mass is 16.8. The van der Waals surface area contributed by atoms with Crippen LogP contribution in [0.4, 0.5) is 0 Å². The zero-order chi connectivity index (χ0) is 52.8. The number of rotatable bonds is 14. The predicted molar refractivity (Wildman–Crippen MR) is 245 cm³/mol. The predicted octanol–water partition coefficient (Wildman–Crippen LogP) is -3.05. The molecule has 0 radical (unpaired) electrons. The maximum absolute atomic E-state index is 12.1. The summed E-state index contributed by atoms with van der Waals surface area (Å²) in [5.41, 5.74) is 0.991. The maximum atomic E-state index is 12.1. The van der Waals surface area contributed by atoms with E-state index in [9.17, 15) is 71.5 Å². The molecule has 73 heavy (non-hydrogen) atoms. The average Bonchev–Trinajstić information content (AvgIpc) is 3.80. The fourth-order valence-electron chi connectivity index (χ4n) is 14.8. The maximum Gasteiger partial charge on any atom is 0.189 e. The summed E-state index contributed by atoms with van der Waals surface area (Å²) >= 11 is 0. The molecule has 23 heteroatoms. The highest BCUT2D eigenvalue weighted by Gasteiger charge is 2.68. The molecule has 8 fully saturated rings. The molecule has 420 valence electrons. The summed E-state index contributed by atoms with van der Waals surface area (Å²) in [6.07, 6.45) is -23.4. The largest absolute Gasteiger partial charge is 0.394 e. The van der Waals surface area contributed by atoms with Crippen molar-refractivity contribution < 1.29 is 114 Å². The van der Waals surface area contributed by atoms with Crippen LogP contribution in [0.5, 0.6) is 0 Å². The Morgan fingerprint density at radius 1 is 0.658 bits per heavy atom. The van der Waals surface area contributed by atoms with Gasteiger partial charge in [0.2, 0.25) is 0 Å². The van der Waals surface area contributed by atoms with E-state index in [1.165, 1.54) is 12.5 Å². The topological polar surface area (TPSA) is 366 Å². The molecule has 5 saturated heterocycles. The van der Waals surface area contributed by atoms with E-state index in [2.05, 4.69) is 26.8 Å². The van der Waals surface area contributed by atoms with Gasteiger partial charge in [-0.3, -0.25) is 0 Å². The number of ether oxygens (including phenoxy) is 9. The summed E-state index contributed by atoms with van der Waals surface area (Å²) in [6.45, 7) is 9.05. The standard InChI is InChI=1S/C50H82O23/c1-19(18-65-44-37(59)34(56)32(54)28(16-51)68-44)8-13-50(64)20(2)30-27(73-50)15-26-24-7-6-22-14-23(9-11-48(22,4)25(24)10-12-49(26,30)5)67-47-42(71-46-39(61)35(57)36(58)43(63)72-46)40(62)41(29(17-52)69-47)70-45-38(60)33(55)31(53)21(3)66-45/h6,19-21,23-47,51-64H,7-18H2,1-5H3/t19-,20+,21?,23?,24-,25+,26+,27?,28?,29?,30+,31+,32-,33+,34+,35+,36-,37?,38?,39?,40+,41-,42?,43?,44-,45+,46-,47-,48+,49+,50?/m1/s1. The summed E-state index contributed by atoms with van der Waals surface area (Å²) in [6, 6.07) is 0. The molecule has 0 amide bonds. The molecule has 0 bridgehead atoms. The fourth-order valence-corrected chi connectivity index (χ4v) is 14.8. The Kier molecular flexibility index (Phi) is 16.9. The smallest absolute Gasteiger partial charge is 0.189 e. The molecule has 3 saturated carbocycles. The van der Waals surface area contributed by atoms with E-state index in [0.29, 0.717) is 43.4 Å². The second-order valence-corrected chi connectivity index (χ2v) is 23.5. The lowest BCUT2D eigenvalue weighted by Gasteiger charge is -2.58. The van der Waals surface area contributed by atoms with Gasteiger partial charge in [0, 0.05) is 12.3 Å². The molecule has 9 rings (SSSR count). The molecular weight excluding hydrogens is 969 g/mol. The van der Waals surface area contributed by atoms with E-state index >= 15 is 0 Å². The Morgan fingerprint density at radius 3 is 1.99 bits per heavy atom. The third-order valence-corrected chi connectivity index (χ3v) is 19.2. The van der Waals surface area contributed by atoms with Crippen LogP contribution in [0.1, 0.15) is 92.4 Å². The summed E-state index contributed by atoms with van der Waals surface area (Å²) in [5, 5.41) is 148. The van der Waals surface area contributed by atoms with Crippen LogP contribution in [0, 0.1) is 46.3 Å². The number of aliphatic hydroxyl groups excluding tert-OH is 13. The van der Waals surface area contributed by atoms with Gasteiger partial charge in [0.15, 0.2) is 37.2 Å². The fraction of sp³-hybridized carbons (Fsp3) is 0.960. The lowest BCUT2D eigenvalue weighted by atomic mass is 9.47. The molecule has 11 unspecified atom stereocenters. The van der Waals surface area contributed by atoms with Crippen molar-refractivity contribution in [1.29, 1.82) is 0 Å². The van der Waals surface area contributed by atoms with Gasteiger partial charge in [-0.1, -0.05) is 39.3 Å². The van der Waals surface area contributed by atoms with Gasteiger partial charge in [0.05, 0.1) is 38.1 Å². The third kappa shape index (κ3) is 10.1. The van der Waals surface area contributed by atoms with E-state index in [4.69, 9.17) is 42.6 Å². The second-order valence-electron chi connectivity index (χ2n) is 23.5. The molecule has 4 aliphatic carbocycles. The van der Waals surface area contributed by atoms with Crippen molar-refractivity contribution in [2.24, 2.45) is 46.3 Å². The number of aliphatic hydroxyl groups is 14. The van der Waals surface area contributed by atoms with Crippen LogP contribution in [0.2, 0.25) is 0 Å². The summed E-state index contributed by atoms with van der Waals surface area (Å²) in [7, 11) is 0. The zero-order valence-corrected chi connectivity index (χ0v) is 42.2. The van der Waals surface area contributed by atoms with Gasteiger partial charge in [0.25, 0.3) is 0 Å². The normalized spacial score (nSPS) is 55.5. The monoisotopic (exact) mass is 1050 g/mol. The van der Waals surface area contributed by atoms with E-state index in [1.54, 1.807) is 0 Å². The van der Waals surface area contributed by atoms with Gasteiger partial charge >= 0.3 is 0 Å². The molecule has 0 aromatic heterocycles. The van der Waals surface area contributed by atoms with Crippen LogP contribution < -0.4 is 0 Å². The zero-order valence-electron chi connectivity index (χ0n) is 42.2. The van der Waals surface area contributed by atoms with E-state index in [0.717, 1.165) is 32.1 Å². The lowest BCUT2D eigenvalue weighted by Crippen LogP contribution is -2.66. The second kappa shape index (κ2) is 21.8. The molecule has 31 atom stereocenters. The Labute approximate surface area is 424 Å². The average molecular weight is 1050 g/mol. The molecule has 5 heterocycles. The van der Waals surface area contributed by atoms with Crippen LogP contribution >= 0.6 is 0 Å². The van der Waals surface area contributed by atoms with Crippen molar-refractivity contribution in [3.8, 4) is 0 Å². The summed E-state index contributed by atoms with van der Waals surface area (Å²) < 4.78 is 53.8. The third-order valence-electron chi connectivity index (χ3n) is 19.2. The van der Waals surface area contributed by atoms with Gasteiger partial charge in [-0.15, -0.1) is 0 Å². The van der Waals surface area contributed by atoms with Crippen molar-refractivity contribution >= 4 is 0 Å². The van der Waals surface area contributed by atoms with E-state index in [-0.39, 0.29) is 41.3 Å². The molecule has 9 aliphatic rings. The van der Waals surface area contributed by atoms with Gasteiger partial charge < -0.3 is 114 Å². The first-order valence-electron chi connectivity index (χ1n) is 26.5. The van der Waals surface area contributed by atoms with Gasteiger partial charge in [-0.2, -0.15) is 0 Å². The van der Waals surface area contributed by atoms with Crippen LogP contribution in [-0.4, -0.2) is 232 Å². The van der Waals surface area contributed by atoms with Crippen molar-refractivity contribution in [2.75, 3.05) is 19.8 Å². The molecule has 0 aromatic carbocycles. The number of hydrogen-bond acceptors (Lipinski definition) is 23. The quantitative estimate of drug-likeness (QED) is 0.0769. The Hall–Kier alpha value is -1.18. The number of hydrogen-bond donors (Lipinski definition) is 14. The first kappa shape index (κ1) is 56.5. The number of allylic oxidation sites excluding steroid dienone is 1. The van der Waals surface area contributed by atoms with Crippen LogP contribution in [0.3, 0.4) is 0 Å². The molecule has 23 nitrogen and oxygen atoms in total.